The fraction of sp³-hybridized carbons (Fsp3) is 0. The van der Waals surface area contributed by atoms with E-state index in [1.54, 1.807) is 0 Å². The number of hydrogen-bond acceptors (Lipinski definition) is 2. The van der Waals surface area contributed by atoms with E-state index >= 15 is 0 Å². The van der Waals surface area contributed by atoms with Gasteiger partial charge in [-0.2, -0.15) is 0 Å². The molecule has 12 rings (SSSR count). The molecular formula is C58H38N2O. The maximum atomic E-state index is 6.31. The molecule has 0 radical (unpaired) electrons. The van der Waals surface area contributed by atoms with Crippen molar-refractivity contribution in [2.75, 3.05) is 4.90 Å². The summed E-state index contributed by atoms with van der Waals surface area (Å²) in [6.07, 6.45) is 0. The van der Waals surface area contributed by atoms with Crippen LogP contribution in [0.1, 0.15) is 0 Å². The van der Waals surface area contributed by atoms with Crippen LogP contribution in [0.4, 0.5) is 17.1 Å². The summed E-state index contributed by atoms with van der Waals surface area (Å²) in [4.78, 5) is 2.47. The average Bonchev–Trinajstić information content (AvgIpc) is 3.89. The Hall–Kier alpha value is -8.14. The second kappa shape index (κ2) is 14.3. The summed E-state index contributed by atoms with van der Waals surface area (Å²) < 4.78 is 8.71. The quantitative estimate of drug-likeness (QED) is 0.161. The molecule has 12 aromatic rings. The number of para-hydroxylation sites is 4. The Morgan fingerprint density at radius 3 is 1.70 bits per heavy atom. The van der Waals surface area contributed by atoms with Crippen molar-refractivity contribution in [2.45, 2.75) is 0 Å². The van der Waals surface area contributed by atoms with Crippen molar-refractivity contribution in [3.05, 3.63) is 231 Å². The zero-order valence-corrected chi connectivity index (χ0v) is 33.2. The van der Waals surface area contributed by atoms with Gasteiger partial charge >= 0.3 is 0 Å². The van der Waals surface area contributed by atoms with Crippen LogP contribution in [0.15, 0.2) is 235 Å². The topological polar surface area (TPSA) is 21.3 Å². The third-order valence-corrected chi connectivity index (χ3v) is 12.2. The molecule has 3 nitrogen and oxygen atoms in total. The molecule has 0 saturated carbocycles. The van der Waals surface area contributed by atoms with E-state index in [4.69, 9.17) is 4.42 Å². The molecule has 10 aromatic carbocycles. The smallest absolute Gasteiger partial charge is 0.136 e. The minimum atomic E-state index is 0.893. The third-order valence-electron chi connectivity index (χ3n) is 12.2. The van der Waals surface area contributed by atoms with Crippen molar-refractivity contribution in [3.8, 4) is 39.1 Å². The number of hydrogen-bond donors (Lipinski definition) is 0. The van der Waals surface area contributed by atoms with Gasteiger partial charge in [-0.1, -0.05) is 170 Å². The van der Waals surface area contributed by atoms with Crippen LogP contribution in [-0.2, 0) is 0 Å². The first-order valence-corrected chi connectivity index (χ1v) is 20.9. The second-order valence-corrected chi connectivity index (χ2v) is 15.6. The summed E-state index contributed by atoms with van der Waals surface area (Å²) in [6, 6.07) is 83.0. The number of anilines is 3. The van der Waals surface area contributed by atoms with E-state index < -0.39 is 0 Å². The number of furan rings is 1. The molecule has 3 heteroatoms. The predicted molar refractivity (Wildman–Crippen MR) is 257 cm³/mol. The molecule has 0 aliphatic heterocycles. The van der Waals surface area contributed by atoms with Gasteiger partial charge in [0.2, 0.25) is 0 Å². The lowest BCUT2D eigenvalue weighted by Gasteiger charge is -2.29. The fourth-order valence-corrected chi connectivity index (χ4v) is 9.58. The third kappa shape index (κ3) is 5.66. The number of rotatable bonds is 7. The lowest BCUT2D eigenvalue weighted by atomic mass is 9.90. The monoisotopic (exact) mass is 778 g/mol. The van der Waals surface area contributed by atoms with Crippen LogP contribution < -0.4 is 4.90 Å². The molecule has 0 bridgehead atoms. The Kier molecular flexibility index (Phi) is 8.17. The Labute approximate surface area is 353 Å². The molecule has 0 fully saturated rings. The molecule has 0 N–H and O–H groups in total. The van der Waals surface area contributed by atoms with Crippen LogP contribution in [0, 0.1) is 0 Å². The largest absolute Gasteiger partial charge is 0.456 e. The molecule has 0 aliphatic carbocycles. The van der Waals surface area contributed by atoms with E-state index in [9.17, 15) is 0 Å². The Morgan fingerprint density at radius 2 is 0.885 bits per heavy atom. The molecular weight excluding hydrogens is 741 g/mol. The zero-order chi connectivity index (χ0) is 40.3. The molecule has 2 aromatic heterocycles. The molecule has 286 valence electrons. The molecule has 61 heavy (non-hydrogen) atoms. The molecule has 0 atom stereocenters. The molecule has 0 saturated heterocycles. The van der Waals surface area contributed by atoms with Gasteiger partial charge < -0.3 is 13.9 Å². The van der Waals surface area contributed by atoms with Gasteiger partial charge in [0.1, 0.15) is 11.2 Å². The summed E-state index contributed by atoms with van der Waals surface area (Å²) in [5.74, 6) is 0. The van der Waals surface area contributed by atoms with Crippen LogP contribution in [0.5, 0.6) is 0 Å². The van der Waals surface area contributed by atoms with Crippen molar-refractivity contribution in [3.63, 3.8) is 0 Å². The predicted octanol–water partition coefficient (Wildman–Crippen LogP) is 16.3. The summed E-state index contributed by atoms with van der Waals surface area (Å²) >= 11 is 0. The van der Waals surface area contributed by atoms with Crippen molar-refractivity contribution in [1.82, 2.24) is 4.57 Å². The summed E-state index contributed by atoms with van der Waals surface area (Å²) in [7, 11) is 0. The molecule has 2 heterocycles. The van der Waals surface area contributed by atoms with Gasteiger partial charge in [-0.3, -0.25) is 0 Å². The van der Waals surface area contributed by atoms with Crippen LogP contribution >= 0.6 is 0 Å². The Morgan fingerprint density at radius 1 is 0.328 bits per heavy atom. The number of aromatic nitrogens is 1. The van der Waals surface area contributed by atoms with Crippen LogP contribution in [0.3, 0.4) is 0 Å². The molecule has 0 aliphatic rings. The van der Waals surface area contributed by atoms with Gasteiger partial charge in [-0.05, 0) is 99.3 Å². The first-order chi connectivity index (χ1) is 30.3. The highest BCUT2D eigenvalue weighted by Gasteiger charge is 2.24. The Bertz CT molecular complexity index is 3580. The fourth-order valence-electron chi connectivity index (χ4n) is 9.58. The number of benzene rings is 10. The van der Waals surface area contributed by atoms with Crippen molar-refractivity contribution in [1.29, 1.82) is 0 Å². The van der Waals surface area contributed by atoms with Crippen molar-refractivity contribution in [2.24, 2.45) is 0 Å². The van der Waals surface area contributed by atoms with Gasteiger partial charge in [0.15, 0.2) is 0 Å². The number of fused-ring (bicyclic) bond motifs is 7. The van der Waals surface area contributed by atoms with Gasteiger partial charge in [-0.15, -0.1) is 0 Å². The summed E-state index contributed by atoms with van der Waals surface area (Å²) in [6.45, 7) is 0. The van der Waals surface area contributed by atoms with Crippen molar-refractivity contribution >= 4 is 71.6 Å². The van der Waals surface area contributed by atoms with E-state index in [0.717, 1.165) is 66.9 Å². The van der Waals surface area contributed by atoms with Crippen LogP contribution in [0.25, 0.3) is 93.6 Å². The van der Waals surface area contributed by atoms with Gasteiger partial charge in [0.05, 0.1) is 22.4 Å². The molecule has 0 amide bonds. The Balaban J connectivity index is 1.13. The van der Waals surface area contributed by atoms with E-state index in [1.807, 2.05) is 12.1 Å². The minimum Gasteiger partial charge on any atom is -0.456 e. The van der Waals surface area contributed by atoms with Crippen molar-refractivity contribution < 1.29 is 4.42 Å². The molecule has 0 spiro atoms. The van der Waals surface area contributed by atoms with E-state index in [2.05, 4.69) is 228 Å². The maximum absolute atomic E-state index is 6.31. The normalized spacial score (nSPS) is 11.6. The first kappa shape index (κ1) is 34.9. The minimum absolute atomic E-state index is 0.893. The highest BCUT2D eigenvalue weighted by molar-refractivity contribution is 6.18. The highest BCUT2D eigenvalue weighted by Crippen LogP contribution is 2.49. The standard InChI is InChI=1S/C58H38N2O/c1-3-17-39(18-4-1)44-26-13-19-41-20-14-28-47(56(41)44)46-23-7-10-29-50(46)60(43-37-35-40(36-38-43)45-27-15-34-55-57(45)49-25-9-12-33-54(49)61-55)53-32-16-31-52-58(53)48-24-8-11-30-51(48)59(52)42-21-5-2-6-22-42/h1-38H. The second-order valence-electron chi connectivity index (χ2n) is 15.6. The SMILES string of the molecule is c1ccc(-c2cccc3cccc(-c4ccccc4N(c4ccc(-c5cccc6oc7ccccc7c56)cc4)c4cccc5c4c4ccccc4n5-c4ccccc4)c23)cc1. The molecule has 0 unspecified atom stereocenters. The van der Waals surface area contributed by atoms with E-state index in [0.29, 0.717) is 0 Å². The average molecular weight is 779 g/mol. The van der Waals surface area contributed by atoms with Gasteiger partial charge in [0, 0.05) is 38.5 Å². The number of nitrogens with zero attached hydrogens (tertiary/aromatic N) is 2. The summed E-state index contributed by atoms with van der Waals surface area (Å²) in [5, 5.41) is 7.09. The van der Waals surface area contributed by atoms with Crippen LogP contribution in [0.2, 0.25) is 0 Å². The summed E-state index contributed by atoms with van der Waals surface area (Å²) in [5.41, 5.74) is 15.5. The van der Waals surface area contributed by atoms with E-state index in [-0.39, 0.29) is 0 Å². The maximum Gasteiger partial charge on any atom is 0.136 e. The van der Waals surface area contributed by atoms with E-state index in [1.165, 1.54) is 43.8 Å². The first-order valence-electron chi connectivity index (χ1n) is 20.9. The lowest BCUT2D eigenvalue weighted by Crippen LogP contribution is -2.12. The lowest BCUT2D eigenvalue weighted by molar-refractivity contribution is 0.669. The van der Waals surface area contributed by atoms with Gasteiger partial charge in [-0.25, -0.2) is 0 Å². The zero-order valence-electron chi connectivity index (χ0n) is 33.2. The van der Waals surface area contributed by atoms with Gasteiger partial charge in [0.25, 0.3) is 0 Å². The van der Waals surface area contributed by atoms with Crippen LogP contribution in [-0.4, -0.2) is 4.57 Å². The highest BCUT2D eigenvalue weighted by atomic mass is 16.3.